The molecule has 3 nitrogen and oxygen atoms in total. The zero-order valence-electron chi connectivity index (χ0n) is 8.73. The van der Waals surface area contributed by atoms with Gasteiger partial charge in [0, 0.05) is 12.7 Å². The first kappa shape index (κ1) is 11.3. The van der Waals surface area contributed by atoms with Crippen molar-refractivity contribution >= 4 is 28.4 Å². The fraction of sp³-hybridized carbons (Fsp3) is 0.167. The van der Waals surface area contributed by atoms with Gasteiger partial charge in [-0.2, -0.15) is 0 Å². The Bertz CT molecular complexity index is 445. The molecule has 0 spiro atoms. The molecule has 82 valence electrons. The van der Waals surface area contributed by atoms with Gasteiger partial charge < -0.3 is 5.32 Å². The normalized spacial score (nSPS) is 10.1. The monoisotopic (exact) mass is 325 g/mol. The van der Waals surface area contributed by atoms with Crippen LogP contribution in [0.2, 0.25) is 0 Å². The predicted molar refractivity (Wildman–Crippen MR) is 73.4 cm³/mol. The average molecular weight is 325 g/mol. The first-order chi connectivity index (χ1) is 7.86. The fourth-order valence-corrected chi connectivity index (χ4v) is 1.90. The van der Waals surface area contributed by atoms with Crippen LogP contribution in [0.4, 0.5) is 5.82 Å². The lowest BCUT2D eigenvalue weighted by molar-refractivity contribution is 0.995. The van der Waals surface area contributed by atoms with Crippen molar-refractivity contribution in [3.8, 4) is 0 Å². The number of aromatic nitrogens is 2. The summed E-state index contributed by atoms with van der Waals surface area (Å²) in [5, 5.41) is 3.30. The van der Waals surface area contributed by atoms with Crippen molar-refractivity contribution in [3.05, 3.63) is 52.0 Å². The van der Waals surface area contributed by atoms with Crippen LogP contribution >= 0.6 is 22.6 Å². The molecule has 0 amide bonds. The van der Waals surface area contributed by atoms with Gasteiger partial charge in [-0.15, -0.1) is 0 Å². The molecule has 0 aliphatic carbocycles. The Morgan fingerprint density at radius 1 is 1.19 bits per heavy atom. The van der Waals surface area contributed by atoms with E-state index in [2.05, 4.69) is 62.1 Å². The summed E-state index contributed by atoms with van der Waals surface area (Å²) < 4.78 is 1.05. The van der Waals surface area contributed by atoms with Gasteiger partial charge >= 0.3 is 0 Å². The highest BCUT2D eigenvalue weighted by atomic mass is 127. The van der Waals surface area contributed by atoms with Gasteiger partial charge in [-0.05, 0) is 34.6 Å². The maximum atomic E-state index is 4.18. The second kappa shape index (κ2) is 5.79. The lowest BCUT2D eigenvalue weighted by atomic mass is 10.1. The Morgan fingerprint density at radius 3 is 2.75 bits per heavy atom. The van der Waals surface area contributed by atoms with Gasteiger partial charge in [-0.3, -0.25) is 0 Å². The Labute approximate surface area is 108 Å². The van der Waals surface area contributed by atoms with Gasteiger partial charge in [-0.1, -0.05) is 30.3 Å². The van der Waals surface area contributed by atoms with E-state index in [1.165, 1.54) is 5.56 Å². The summed E-state index contributed by atoms with van der Waals surface area (Å²) >= 11 is 2.23. The molecule has 0 fully saturated rings. The van der Waals surface area contributed by atoms with Gasteiger partial charge in [0.15, 0.2) is 0 Å². The summed E-state index contributed by atoms with van der Waals surface area (Å²) in [5.74, 6) is 0.909. The van der Waals surface area contributed by atoms with Crippen molar-refractivity contribution in [1.29, 1.82) is 0 Å². The third kappa shape index (κ3) is 3.16. The Balaban J connectivity index is 1.87. The van der Waals surface area contributed by atoms with E-state index in [0.717, 1.165) is 22.4 Å². The largest absolute Gasteiger partial charge is 0.369 e. The van der Waals surface area contributed by atoms with Crippen LogP contribution in [-0.4, -0.2) is 16.5 Å². The number of hydrogen-bond acceptors (Lipinski definition) is 3. The van der Waals surface area contributed by atoms with E-state index in [4.69, 9.17) is 0 Å². The van der Waals surface area contributed by atoms with E-state index < -0.39 is 0 Å². The molecule has 2 aromatic rings. The van der Waals surface area contributed by atoms with E-state index in [0.29, 0.717) is 0 Å². The lowest BCUT2D eigenvalue weighted by Crippen LogP contribution is -2.07. The number of hydrogen-bond donors (Lipinski definition) is 1. The van der Waals surface area contributed by atoms with Gasteiger partial charge in [0.1, 0.15) is 12.1 Å². The van der Waals surface area contributed by atoms with Crippen LogP contribution in [0.1, 0.15) is 5.56 Å². The number of nitrogens with zero attached hydrogens (tertiary/aromatic N) is 2. The molecule has 0 unspecified atom stereocenters. The van der Waals surface area contributed by atoms with Gasteiger partial charge in [-0.25, -0.2) is 9.97 Å². The molecule has 0 radical (unpaired) electrons. The van der Waals surface area contributed by atoms with Crippen molar-refractivity contribution in [2.24, 2.45) is 0 Å². The Morgan fingerprint density at radius 2 is 2.00 bits per heavy atom. The minimum atomic E-state index is 0.886. The quantitative estimate of drug-likeness (QED) is 0.879. The molecule has 0 atom stereocenters. The highest BCUT2D eigenvalue weighted by Gasteiger charge is 1.99. The number of nitrogens with one attached hydrogen (secondary N) is 1. The van der Waals surface area contributed by atoms with E-state index in [1.54, 1.807) is 12.5 Å². The highest BCUT2D eigenvalue weighted by molar-refractivity contribution is 14.1. The van der Waals surface area contributed by atoms with E-state index in [1.807, 2.05) is 6.07 Å². The smallest absolute Gasteiger partial charge is 0.142 e. The Kier molecular flexibility index (Phi) is 4.10. The maximum Gasteiger partial charge on any atom is 0.142 e. The maximum absolute atomic E-state index is 4.18. The van der Waals surface area contributed by atoms with Crippen LogP contribution in [0.5, 0.6) is 0 Å². The molecule has 16 heavy (non-hydrogen) atoms. The first-order valence-corrected chi connectivity index (χ1v) is 6.17. The SMILES string of the molecule is Ic1cncnc1NCCc1ccccc1. The van der Waals surface area contributed by atoms with Crippen LogP contribution in [0.25, 0.3) is 0 Å². The van der Waals surface area contributed by atoms with E-state index in [-0.39, 0.29) is 0 Å². The molecule has 1 N–H and O–H groups in total. The van der Waals surface area contributed by atoms with Crippen molar-refractivity contribution in [2.45, 2.75) is 6.42 Å². The average Bonchev–Trinajstić information content (AvgIpc) is 2.33. The van der Waals surface area contributed by atoms with Crippen LogP contribution in [0.15, 0.2) is 42.9 Å². The summed E-state index contributed by atoms with van der Waals surface area (Å²) in [6.07, 6.45) is 4.37. The molecule has 0 saturated heterocycles. The minimum Gasteiger partial charge on any atom is -0.369 e. The molecule has 1 heterocycles. The molecular formula is C12H12IN3. The summed E-state index contributed by atoms with van der Waals surface area (Å²) in [6.45, 7) is 0.886. The van der Waals surface area contributed by atoms with E-state index in [9.17, 15) is 0 Å². The molecule has 2 rings (SSSR count). The molecule has 0 saturated carbocycles. The standard InChI is InChI=1S/C12H12IN3/c13-11-8-14-9-16-12(11)15-7-6-10-4-2-1-3-5-10/h1-5,8-9H,6-7H2,(H,14,15,16). The van der Waals surface area contributed by atoms with Crippen LogP contribution in [0.3, 0.4) is 0 Å². The number of benzene rings is 1. The number of rotatable bonds is 4. The summed E-state index contributed by atoms with van der Waals surface area (Å²) in [5.41, 5.74) is 1.33. The molecule has 4 heteroatoms. The van der Waals surface area contributed by atoms with Gasteiger partial charge in [0.05, 0.1) is 3.57 Å². The molecule has 0 bridgehead atoms. The lowest BCUT2D eigenvalue weighted by Gasteiger charge is -2.06. The molecule has 0 aliphatic heterocycles. The van der Waals surface area contributed by atoms with Crippen molar-refractivity contribution < 1.29 is 0 Å². The molecular weight excluding hydrogens is 313 g/mol. The van der Waals surface area contributed by atoms with E-state index >= 15 is 0 Å². The second-order valence-electron chi connectivity index (χ2n) is 3.38. The summed E-state index contributed by atoms with van der Waals surface area (Å²) in [4.78, 5) is 8.13. The van der Waals surface area contributed by atoms with Crippen LogP contribution in [-0.2, 0) is 6.42 Å². The third-order valence-corrected chi connectivity index (χ3v) is 3.01. The summed E-state index contributed by atoms with van der Waals surface area (Å²) in [6, 6.07) is 10.4. The van der Waals surface area contributed by atoms with Crippen molar-refractivity contribution in [1.82, 2.24) is 9.97 Å². The fourth-order valence-electron chi connectivity index (χ4n) is 1.41. The third-order valence-electron chi connectivity index (χ3n) is 2.22. The first-order valence-electron chi connectivity index (χ1n) is 5.09. The minimum absolute atomic E-state index is 0.886. The molecule has 1 aromatic heterocycles. The highest BCUT2D eigenvalue weighted by Crippen LogP contribution is 2.12. The number of anilines is 1. The van der Waals surface area contributed by atoms with Crippen molar-refractivity contribution in [3.63, 3.8) is 0 Å². The predicted octanol–water partition coefficient (Wildman–Crippen LogP) is 2.74. The second-order valence-corrected chi connectivity index (χ2v) is 4.54. The van der Waals surface area contributed by atoms with Crippen molar-refractivity contribution in [2.75, 3.05) is 11.9 Å². The number of halogens is 1. The molecule has 0 aliphatic rings. The van der Waals surface area contributed by atoms with Gasteiger partial charge in [0.2, 0.25) is 0 Å². The zero-order valence-corrected chi connectivity index (χ0v) is 10.9. The molecule has 1 aromatic carbocycles. The van der Waals surface area contributed by atoms with Crippen LogP contribution < -0.4 is 5.32 Å². The Hall–Kier alpha value is -1.17. The summed E-state index contributed by atoms with van der Waals surface area (Å²) in [7, 11) is 0. The topological polar surface area (TPSA) is 37.8 Å². The van der Waals surface area contributed by atoms with Crippen LogP contribution in [0, 0.1) is 3.57 Å². The van der Waals surface area contributed by atoms with Gasteiger partial charge in [0.25, 0.3) is 0 Å². The zero-order chi connectivity index (χ0) is 11.2.